The number of nitrogens with zero attached hydrogens (tertiary/aromatic N) is 1. The number of aliphatic hydroxyl groups excluding tert-OH is 1. The highest BCUT2D eigenvalue weighted by atomic mass is 16.7. The van der Waals surface area contributed by atoms with Crippen molar-refractivity contribution < 1.29 is 28.9 Å². The van der Waals surface area contributed by atoms with Gasteiger partial charge in [-0.25, -0.2) is 9.59 Å². The summed E-state index contributed by atoms with van der Waals surface area (Å²) in [6.45, 7) is 4.97. The summed E-state index contributed by atoms with van der Waals surface area (Å²) in [7, 11) is 3.42. The van der Waals surface area contributed by atoms with Gasteiger partial charge in [-0.15, -0.1) is 0 Å². The van der Waals surface area contributed by atoms with Crippen molar-refractivity contribution in [3.8, 4) is 0 Å². The molecule has 52 heavy (non-hydrogen) atoms. The number of methoxy groups -OCH3 is 1. The normalized spacial score (nSPS) is 19.9. The second kappa shape index (κ2) is 17.0. The summed E-state index contributed by atoms with van der Waals surface area (Å²) in [5.41, 5.74) is 5.21. The largest absolute Gasteiger partial charge is 0.467 e. The van der Waals surface area contributed by atoms with Crippen LogP contribution in [0.1, 0.15) is 60.1 Å². The maximum Gasteiger partial charge on any atom is 0.328 e. The summed E-state index contributed by atoms with van der Waals surface area (Å²) in [6.07, 6.45) is -0.926. The fraction of sp³-hybridized carbons (Fsp3) is 0.302. The Kier molecular flexibility index (Phi) is 12.0. The molecule has 0 unspecified atom stereocenters. The first-order chi connectivity index (χ1) is 25.2. The quantitative estimate of drug-likeness (QED) is 0.114. The van der Waals surface area contributed by atoms with Crippen molar-refractivity contribution in [2.45, 2.75) is 57.5 Å². The molecule has 6 atom stereocenters. The van der Waals surface area contributed by atoms with E-state index in [1.165, 1.54) is 23.4 Å². The van der Waals surface area contributed by atoms with Crippen LogP contribution in [0, 0.1) is 5.92 Å². The highest BCUT2D eigenvalue weighted by Gasteiger charge is 2.39. The zero-order valence-corrected chi connectivity index (χ0v) is 30.1. The molecule has 0 aliphatic carbocycles. The van der Waals surface area contributed by atoms with E-state index < -0.39 is 24.3 Å². The Bertz CT molecular complexity index is 1950. The average molecular weight is 702 g/mol. The molecule has 1 aliphatic rings. The molecule has 1 saturated heterocycles. The van der Waals surface area contributed by atoms with Gasteiger partial charge in [0, 0.05) is 36.2 Å². The maximum atomic E-state index is 13.2. The van der Waals surface area contributed by atoms with E-state index in [1.54, 1.807) is 6.07 Å². The van der Waals surface area contributed by atoms with Crippen molar-refractivity contribution in [3.05, 3.63) is 149 Å². The summed E-state index contributed by atoms with van der Waals surface area (Å²) >= 11 is 0. The molecule has 5 aromatic carbocycles. The number of carbonyl (C=O) groups is 2. The van der Waals surface area contributed by atoms with Crippen molar-refractivity contribution >= 4 is 28.5 Å². The third-order valence-corrected chi connectivity index (χ3v) is 10.00. The molecule has 9 heteroatoms. The first-order valence-electron chi connectivity index (χ1n) is 17.7. The van der Waals surface area contributed by atoms with Gasteiger partial charge in [-0.05, 0) is 65.2 Å². The topological polar surface area (TPSA) is 109 Å². The van der Waals surface area contributed by atoms with Crippen LogP contribution in [-0.2, 0) is 32.0 Å². The highest BCUT2D eigenvalue weighted by molar-refractivity contribution is 5.92. The number of ether oxygens (including phenoxy) is 3. The van der Waals surface area contributed by atoms with Gasteiger partial charge in [-0.2, -0.15) is 0 Å². The standard InChI is InChI=1S/C43H47N3O6/c1-28-39(26-46(3)29(2)34-22-21-32-13-8-9-14-35(32)24-34)51-42(52-40(28)33-19-17-31(27-47)18-20-33)36-15-10-16-37(25-36)44-43(49)45-38(41(48)50-4)23-30-11-6-5-7-12-30/h5-22,24-25,28-29,38-40,42,47H,23,26-27H2,1-4H3,(H2,44,45,49)/t28-,29+,38-,39+,40+,42+/m0/s1. The molecule has 1 heterocycles. The van der Waals surface area contributed by atoms with E-state index in [2.05, 4.69) is 78.9 Å². The van der Waals surface area contributed by atoms with E-state index in [1.807, 2.05) is 72.8 Å². The van der Waals surface area contributed by atoms with Crippen LogP contribution in [0.4, 0.5) is 10.5 Å². The van der Waals surface area contributed by atoms with Gasteiger partial charge in [0.15, 0.2) is 6.29 Å². The number of hydrogen-bond donors (Lipinski definition) is 3. The molecule has 2 amide bonds. The fourth-order valence-corrected chi connectivity index (χ4v) is 6.77. The molecule has 0 spiro atoms. The van der Waals surface area contributed by atoms with Gasteiger partial charge in [-0.1, -0.05) is 110 Å². The summed E-state index contributed by atoms with van der Waals surface area (Å²) in [5.74, 6) is -0.538. The number of nitrogens with one attached hydrogen (secondary N) is 2. The van der Waals surface area contributed by atoms with Crippen molar-refractivity contribution in [1.82, 2.24) is 10.2 Å². The molecule has 270 valence electrons. The number of anilines is 1. The lowest BCUT2D eigenvalue weighted by molar-refractivity contribution is -0.276. The van der Waals surface area contributed by atoms with Gasteiger partial charge >= 0.3 is 12.0 Å². The first-order valence-corrected chi connectivity index (χ1v) is 17.7. The average Bonchev–Trinajstić information content (AvgIpc) is 3.18. The Morgan fingerprint density at radius 1 is 0.827 bits per heavy atom. The highest BCUT2D eigenvalue weighted by Crippen LogP contribution is 2.42. The van der Waals surface area contributed by atoms with Crippen LogP contribution in [0.15, 0.2) is 121 Å². The second-order valence-corrected chi connectivity index (χ2v) is 13.5. The van der Waals surface area contributed by atoms with Gasteiger partial charge < -0.3 is 30.0 Å². The predicted octanol–water partition coefficient (Wildman–Crippen LogP) is 7.72. The molecular formula is C43H47N3O6. The number of aliphatic hydroxyl groups is 1. The Labute approximate surface area is 305 Å². The van der Waals surface area contributed by atoms with E-state index in [9.17, 15) is 14.7 Å². The SMILES string of the molecule is COC(=O)[C@H](Cc1ccccc1)NC(=O)Nc1cccc([C@@H]2O[C@H](CN(C)[C@H](C)c3ccc4ccccc4c3)[C@H](C)[C@H](c3ccc(CO)cc3)O2)c1. The minimum absolute atomic E-state index is 0.00515. The zero-order chi connectivity index (χ0) is 36.6. The van der Waals surface area contributed by atoms with Crippen molar-refractivity contribution in [3.63, 3.8) is 0 Å². The number of carbonyl (C=O) groups excluding carboxylic acids is 2. The lowest BCUT2D eigenvalue weighted by Gasteiger charge is -2.43. The van der Waals surface area contributed by atoms with Crippen molar-refractivity contribution in [2.24, 2.45) is 5.92 Å². The Morgan fingerprint density at radius 2 is 1.56 bits per heavy atom. The van der Waals surface area contributed by atoms with Crippen LogP contribution in [0.3, 0.4) is 0 Å². The minimum atomic E-state index is -0.866. The van der Waals surface area contributed by atoms with Gasteiger partial charge in [0.1, 0.15) is 6.04 Å². The van der Waals surface area contributed by atoms with Gasteiger partial charge in [0.2, 0.25) is 0 Å². The first kappa shape index (κ1) is 36.7. The Morgan fingerprint density at radius 3 is 2.29 bits per heavy atom. The van der Waals surface area contributed by atoms with Crippen LogP contribution in [0.25, 0.3) is 10.8 Å². The molecule has 5 aromatic rings. The van der Waals surface area contributed by atoms with E-state index in [0.29, 0.717) is 18.7 Å². The van der Waals surface area contributed by atoms with Crippen LogP contribution in [0.5, 0.6) is 0 Å². The van der Waals surface area contributed by atoms with Crippen LogP contribution in [0.2, 0.25) is 0 Å². The smallest absolute Gasteiger partial charge is 0.328 e. The fourth-order valence-electron chi connectivity index (χ4n) is 6.77. The second-order valence-electron chi connectivity index (χ2n) is 13.5. The van der Waals surface area contributed by atoms with Crippen LogP contribution >= 0.6 is 0 Å². The molecule has 6 rings (SSSR count). The molecule has 1 aliphatic heterocycles. The number of urea groups is 1. The lowest BCUT2D eigenvalue weighted by Crippen LogP contribution is -2.45. The van der Waals surface area contributed by atoms with Gasteiger partial charge in [0.25, 0.3) is 0 Å². The van der Waals surface area contributed by atoms with E-state index in [4.69, 9.17) is 14.2 Å². The number of fused-ring (bicyclic) bond motifs is 1. The maximum absolute atomic E-state index is 13.2. The zero-order valence-electron chi connectivity index (χ0n) is 30.1. The van der Waals surface area contributed by atoms with E-state index >= 15 is 0 Å². The molecule has 0 saturated carbocycles. The van der Waals surface area contributed by atoms with Gasteiger partial charge in [-0.3, -0.25) is 4.90 Å². The number of esters is 1. The van der Waals surface area contributed by atoms with Crippen LogP contribution in [-0.4, -0.2) is 54.9 Å². The molecular weight excluding hydrogens is 654 g/mol. The third-order valence-electron chi connectivity index (χ3n) is 10.00. The Balaban J connectivity index is 1.20. The molecule has 0 radical (unpaired) electrons. The summed E-state index contributed by atoms with van der Waals surface area (Å²) in [4.78, 5) is 28.0. The van der Waals surface area contributed by atoms with Gasteiger partial charge in [0.05, 0.1) is 25.9 Å². The van der Waals surface area contributed by atoms with Crippen molar-refractivity contribution in [1.29, 1.82) is 0 Å². The lowest BCUT2D eigenvalue weighted by atomic mass is 9.89. The monoisotopic (exact) mass is 701 g/mol. The van der Waals surface area contributed by atoms with Crippen molar-refractivity contribution in [2.75, 3.05) is 26.0 Å². The number of amides is 2. The Hall–Kier alpha value is -5.06. The van der Waals surface area contributed by atoms with Crippen LogP contribution < -0.4 is 10.6 Å². The minimum Gasteiger partial charge on any atom is -0.467 e. The van der Waals surface area contributed by atoms with E-state index in [0.717, 1.165) is 22.3 Å². The molecule has 9 nitrogen and oxygen atoms in total. The molecule has 0 aromatic heterocycles. The number of likely N-dealkylation sites (N-methyl/N-ethyl adjacent to an activating group) is 1. The molecule has 1 fully saturated rings. The number of benzene rings is 5. The third kappa shape index (κ3) is 8.86. The predicted molar refractivity (Wildman–Crippen MR) is 203 cm³/mol. The van der Waals surface area contributed by atoms with E-state index in [-0.39, 0.29) is 30.8 Å². The molecule has 3 N–H and O–H groups in total. The number of rotatable bonds is 12. The number of hydrogen-bond acceptors (Lipinski definition) is 7. The molecule has 0 bridgehead atoms. The summed E-state index contributed by atoms with van der Waals surface area (Å²) < 4.78 is 18.4. The summed E-state index contributed by atoms with van der Waals surface area (Å²) in [6, 6.07) is 38.4. The summed E-state index contributed by atoms with van der Waals surface area (Å²) in [5, 5.41) is 17.7.